The molecule has 1 aliphatic heterocycles. The molecule has 130 valence electrons. The number of amides is 2. The van der Waals surface area contributed by atoms with E-state index in [4.69, 9.17) is 9.47 Å². The molecule has 6 nitrogen and oxygen atoms in total. The topological polar surface area (TPSA) is 72.9 Å². The van der Waals surface area contributed by atoms with Gasteiger partial charge in [-0.25, -0.2) is 14.5 Å². The Labute approximate surface area is 137 Å². The van der Waals surface area contributed by atoms with Crippen molar-refractivity contribution in [1.82, 2.24) is 4.90 Å². The Balaban J connectivity index is 3.00. The summed E-state index contributed by atoms with van der Waals surface area (Å²) in [6, 6.07) is -0.909. The average molecular weight is 325 g/mol. The second kappa shape index (κ2) is 7.62. The zero-order valence-corrected chi connectivity index (χ0v) is 14.8. The van der Waals surface area contributed by atoms with Gasteiger partial charge in [0.25, 0.3) is 0 Å². The molecule has 2 atom stereocenters. The third-order valence-electron chi connectivity index (χ3n) is 3.37. The zero-order valence-electron chi connectivity index (χ0n) is 14.8. The van der Waals surface area contributed by atoms with Crippen LogP contribution in [-0.4, -0.2) is 41.1 Å². The van der Waals surface area contributed by atoms with Crippen molar-refractivity contribution < 1.29 is 23.9 Å². The quantitative estimate of drug-likeness (QED) is 0.587. The molecule has 0 aromatic rings. The van der Waals surface area contributed by atoms with Gasteiger partial charge in [-0.05, 0) is 54.4 Å². The lowest BCUT2D eigenvalue weighted by Crippen LogP contribution is -2.46. The first kappa shape index (κ1) is 19.2. The molecule has 1 rings (SSSR count). The Hall–Kier alpha value is -1.85. The molecule has 0 unspecified atom stereocenters. The minimum atomic E-state index is -0.909. The smallest absolute Gasteiger partial charge is 0.417 e. The van der Waals surface area contributed by atoms with Gasteiger partial charge in [0.05, 0.1) is 6.61 Å². The second-order valence-electron chi connectivity index (χ2n) is 6.91. The van der Waals surface area contributed by atoms with E-state index in [1.54, 1.807) is 27.7 Å². The molecule has 0 aromatic heterocycles. The van der Waals surface area contributed by atoms with Crippen molar-refractivity contribution in [1.29, 1.82) is 0 Å². The van der Waals surface area contributed by atoms with Crippen LogP contribution in [0.2, 0.25) is 0 Å². The predicted octanol–water partition coefficient (Wildman–Crippen LogP) is 3.06. The number of carbonyl (C=O) groups is 3. The maximum Gasteiger partial charge on any atom is 0.417 e. The summed E-state index contributed by atoms with van der Waals surface area (Å²) < 4.78 is 10.3. The minimum Gasteiger partial charge on any atom is -0.464 e. The molecule has 1 aliphatic rings. The van der Waals surface area contributed by atoms with Crippen molar-refractivity contribution in [2.75, 3.05) is 6.61 Å². The van der Waals surface area contributed by atoms with Crippen LogP contribution in [0.5, 0.6) is 0 Å². The fraction of sp³-hybridized carbons (Fsp3) is 0.706. The second-order valence-corrected chi connectivity index (χ2v) is 6.91. The molecule has 1 fully saturated rings. The van der Waals surface area contributed by atoms with Crippen molar-refractivity contribution in [2.24, 2.45) is 5.92 Å². The summed E-state index contributed by atoms with van der Waals surface area (Å²) in [5.74, 6) is -1.35. The van der Waals surface area contributed by atoms with Crippen molar-refractivity contribution in [3.63, 3.8) is 0 Å². The first-order valence-corrected chi connectivity index (χ1v) is 7.92. The van der Waals surface area contributed by atoms with E-state index in [1.165, 1.54) is 0 Å². The third kappa shape index (κ3) is 5.37. The first-order valence-electron chi connectivity index (χ1n) is 7.92. The number of ether oxygens (including phenoxy) is 2. The number of hydrogen-bond acceptors (Lipinski definition) is 5. The number of imide groups is 1. The van der Waals surface area contributed by atoms with Crippen LogP contribution in [0.1, 0.15) is 54.4 Å². The number of esters is 1. The lowest BCUT2D eigenvalue weighted by molar-refractivity contribution is -0.151. The Kier molecular flexibility index (Phi) is 6.36. The normalized spacial score (nSPS) is 21.1. The van der Waals surface area contributed by atoms with E-state index in [1.807, 2.05) is 19.9 Å². The van der Waals surface area contributed by atoms with Crippen molar-refractivity contribution >= 4 is 18.0 Å². The van der Waals surface area contributed by atoms with E-state index < -0.39 is 29.6 Å². The molecule has 23 heavy (non-hydrogen) atoms. The zero-order chi connectivity index (χ0) is 17.8. The highest BCUT2D eigenvalue weighted by atomic mass is 16.6. The van der Waals surface area contributed by atoms with Gasteiger partial charge in [0.2, 0.25) is 5.91 Å². The summed E-state index contributed by atoms with van der Waals surface area (Å²) in [7, 11) is 0. The van der Waals surface area contributed by atoms with Crippen LogP contribution >= 0.6 is 0 Å². The molecular formula is C17H27NO5. The number of hydrogen-bond donors (Lipinski definition) is 0. The third-order valence-corrected chi connectivity index (χ3v) is 3.37. The SMILES string of the molecule is CCOC(=O)[C@@H]1C[C@@H](CC=C(C)C)C(=O)N1C(=O)OC(C)(C)C. The highest BCUT2D eigenvalue weighted by molar-refractivity contribution is 6.00. The van der Waals surface area contributed by atoms with Crippen LogP contribution in [0.4, 0.5) is 4.79 Å². The number of likely N-dealkylation sites (tertiary alicyclic amines) is 1. The molecule has 1 heterocycles. The summed E-state index contributed by atoms with van der Waals surface area (Å²) in [6.45, 7) is 10.9. The molecule has 6 heteroatoms. The summed E-state index contributed by atoms with van der Waals surface area (Å²) in [4.78, 5) is 37.9. The van der Waals surface area contributed by atoms with Gasteiger partial charge >= 0.3 is 12.1 Å². The molecule has 0 aliphatic carbocycles. The summed E-state index contributed by atoms with van der Waals surface area (Å²) >= 11 is 0. The molecule has 2 amide bonds. The summed E-state index contributed by atoms with van der Waals surface area (Å²) in [6.07, 6.45) is 1.90. The van der Waals surface area contributed by atoms with Crippen LogP contribution in [0, 0.1) is 5.92 Å². The van der Waals surface area contributed by atoms with Crippen LogP contribution in [0.25, 0.3) is 0 Å². The van der Waals surface area contributed by atoms with Gasteiger partial charge in [-0.3, -0.25) is 4.79 Å². The van der Waals surface area contributed by atoms with Gasteiger partial charge in [0.15, 0.2) is 0 Å². The fourth-order valence-corrected chi connectivity index (χ4v) is 2.37. The predicted molar refractivity (Wildman–Crippen MR) is 85.7 cm³/mol. The molecule has 0 spiro atoms. The summed E-state index contributed by atoms with van der Waals surface area (Å²) in [5, 5.41) is 0. The van der Waals surface area contributed by atoms with E-state index in [0.29, 0.717) is 6.42 Å². The molecule has 0 saturated carbocycles. The summed E-state index contributed by atoms with van der Waals surface area (Å²) in [5.41, 5.74) is 0.343. The van der Waals surface area contributed by atoms with E-state index >= 15 is 0 Å². The van der Waals surface area contributed by atoms with Crippen LogP contribution < -0.4 is 0 Å². The van der Waals surface area contributed by atoms with Crippen LogP contribution in [0.3, 0.4) is 0 Å². The lowest BCUT2D eigenvalue weighted by atomic mass is 10.00. The van der Waals surface area contributed by atoms with Gasteiger partial charge in [0.1, 0.15) is 11.6 Å². The molecule has 0 aromatic carbocycles. The maximum absolute atomic E-state index is 12.6. The van der Waals surface area contributed by atoms with Gasteiger partial charge in [-0.2, -0.15) is 0 Å². The van der Waals surface area contributed by atoms with E-state index in [-0.39, 0.29) is 18.9 Å². The van der Waals surface area contributed by atoms with Gasteiger partial charge in [0, 0.05) is 5.92 Å². The molecule has 0 bridgehead atoms. The van der Waals surface area contributed by atoms with E-state index in [0.717, 1.165) is 10.5 Å². The molecule has 0 N–H and O–H groups in total. The van der Waals surface area contributed by atoms with E-state index in [2.05, 4.69) is 0 Å². The maximum atomic E-state index is 12.6. The van der Waals surface area contributed by atoms with Gasteiger partial charge in [-0.1, -0.05) is 11.6 Å². The highest BCUT2D eigenvalue weighted by Gasteiger charge is 2.48. The monoisotopic (exact) mass is 325 g/mol. The lowest BCUT2D eigenvalue weighted by Gasteiger charge is -2.26. The van der Waals surface area contributed by atoms with Crippen LogP contribution in [-0.2, 0) is 19.1 Å². The average Bonchev–Trinajstić information content (AvgIpc) is 2.72. The Morgan fingerprint density at radius 1 is 1.30 bits per heavy atom. The Morgan fingerprint density at radius 3 is 2.39 bits per heavy atom. The number of allylic oxidation sites excluding steroid dienone is 2. The number of carbonyl (C=O) groups excluding carboxylic acids is 3. The standard InChI is InChI=1S/C17H27NO5/c1-7-22-15(20)13-10-12(9-8-11(2)3)14(19)18(13)16(21)23-17(4,5)6/h8,12-13H,7,9-10H2,1-6H3/t12-,13+/m1/s1. The Morgan fingerprint density at radius 2 is 1.91 bits per heavy atom. The first-order chi connectivity index (χ1) is 10.6. The van der Waals surface area contributed by atoms with Crippen molar-refractivity contribution in [3.8, 4) is 0 Å². The van der Waals surface area contributed by atoms with Gasteiger partial charge < -0.3 is 9.47 Å². The van der Waals surface area contributed by atoms with E-state index in [9.17, 15) is 14.4 Å². The van der Waals surface area contributed by atoms with Crippen LogP contribution in [0.15, 0.2) is 11.6 Å². The fourth-order valence-electron chi connectivity index (χ4n) is 2.37. The number of nitrogens with zero attached hydrogens (tertiary/aromatic N) is 1. The van der Waals surface area contributed by atoms with Crippen molar-refractivity contribution in [3.05, 3.63) is 11.6 Å². The molecule has 0 radical (unpaired) electrons. The van der Waals surface area contributed by atoms with Crippen molar-refractivity contribution in [2.45, 2.75) is 66.0 Å². The molecular weight excluding hydrogens is 298 g/mol. The molecule has 1 saturated heterocycles. The largest absolute Gasteiger partial charge is 0.464 e. The van der Waals surface area contributed by atoms with Gasteiger partial charge in [-0.15, -0.1) is 0 Å². The highest BCUT2D eigenvalue weighted by Crippen LogP contribution is 2.30. The number of rotatable bonds is 4. The Bertz CT molecular complexity index is 500. The minimum absolute atomic E-state index is 0.199.